The van der Waals surface area contributed by atoms with Crippen LogP contribution >= 0.6 is 0 Å². The lowest BCUT2D eigenvalue weighted by atomic mass is 9.65. The van der Waals surface area contributed by atoms with Gasteiger partial charge in [-0.1, -0.05) is 66.5 Å². The highest BCUT2D eigenvalue weighted by Gasteiger charge is 2.21. The van der Waals surface area contributed by atoms with Crippen molar-refractivity contribution in [1.29, 1.82) is 0 Å². The molecule has 16 heavy (non-hydrogen) atoms. The molecule has 0 bridgehead atoms. The van der Waals surface area contributed by atoms with Crippen LogP contribution in [0.5, 0.6) is 0 Å². The fourth-order valence-electron chi connectivity index (χ4n) is 2.49. The molecule has 2 aliphatic carbocycles. The highest BCUT2D eigenvalue weighted by molar-refractivity contribution is 6.58. The Hall–Kier alpha value is -1.50. The second-order valence-electron chi connectivity index (χ2n) is 4.67. The van der Waals surface area contributed by atoms with E-state index in [-0.39, 0.29) is 0 Å². The predicted octanol–water partition coefficient (Wildman–Crippen LogP) is 3.22. The van der Waals surface area contributed by atoms with Gasteiger partial charge in [-0.25, -0.2) is 0 Å². The second-order valence-corrected chi connectivity index (χ2v) is 4.67. The summed E-state index contributed by atoms with van der Waals surface area (Å²) >= 11 is 0. The van der Waals surface area contributed by atoms with Crippen LogP contribution in [-0.4, -0.2) is 7.28 Å². The van der Waals surface area contributed by atoms with E-state index < -0.39 is 0 Å². The van der Waals surface area contributed by atoms with Crippen LogP contribution in [0.25, 0.3) is 0 Å². The zero-order valence-electron chi connectivity index (χ0n) is 9.61. The van der Waals surface area contributed by atoms with E-state index in [1.54, 1.807) is 0 Å². The smallest absolute Gasteiger partial charge is 0.0812 e. The summed E-state index contributed by atoms with van der Waals surface area (Å²) in [5, 5.41) is 0. The first kappa shape index (κ1) is 9.71. The van der Waals surface area contributed by atoms with Gasteiger partial charge in [0, 0.05) is 0 Å². The van der Waals surface area contributed by atoms with Gasteiger partial charge in [-0.3, -0.25) is 0 Å². The number of allylic oxidation sites excluding steroid dienone is 12. The summed E-state index contributed by atoms with van der Waals surface area (Å²) in [7, 11) is 1.10. The summed E-state index contributed by atoms with van der Waals surface area (Å²) in [4.78, 5) is 0. The average Bonchev–Trinajstić information content (AvgIpc) is 2.48. The predicted molar refractivity (Wildman–Crippen MR) is 71.5 cm³/mol. The van der Waals surface area contributed by atoms with Gasteiger partial charge in [0.15, 0.2) is 7.28 Å². The van der Waals surface area contributed by atoms with Crippen LogP contribution in [0.3, 0.4) is 0 Å². The fraction of sp³-hybridized carbons (Fsp3) is 0.200. The Balaban J connectivity index is 2.07. The topological polar surface area (TPSA) is 0 Å². The van der Waals surface area contributed by atoms with E-state index in [0.29, 0.717) is 5.92 Å². The van der Waals surface area contributed by atoms with Crippen molar-refractivity contribution in [3.63, 3.8) is 0 Å². The summed E-state index contributed by atoms with van der Waals surface area (Å²) in [6.45, 7) is 2.23. The largest absolute Gasteiger partial charge is 0.193 e. The molecule has 0 saturated heterocycles. The third-order valence-corrected chi connectivity index (χ3v) is 3.41. The second kappa shape index (κ2) is 3.82. The average molecular weight is 206 g/mol. The molecule has 1 aliphatic heterocycles. The summed E-state index contributed by atoms with van der Waals surface area (Å²) < 4.78 is 0. The fourth-order valence-corrected chi connectivity index (χ4v) is 2.49. The normalized spacial score (nSPS) is 26.4. The van der Waals surface area contributed by atoms with Crippen LogP contribution < -0.4 is 0 Å². The van der Waals surface area contributed by atoms with Crippen molar-refractivity contribution < 1.29 is 0 Å². The van der Waals surface area contributed by atoms with Crippen LogP contribution in [0.15, 0.2) is 70.7 Å². The molecule has 0 N–H and O–H groups in total. The molecule has 0 unspecified atom stereocenters. The molecule has 0 amide bonds. The minimum atomic E-state index is 0.556. The van der Waals surface area contributed by atoms with E-state index in [1.807, 2.05) is 0 Å². The summed E-state index contributed by atoms with van der Waals surface area (Å²) in [5.41, 5.74) is 5.81. The number of fused-ring (bicyclic) bond motifs is 1. The van der Waals surface area contributed by atoms with Gasteiger partial charge in [-0.15, -0.1) is 0 Å². The number of hydrogen-bond donors (Lipinski definition) is 0. The molecular weight excluding hydrogens is 191 g/mol. The lowest BCUT2D eigenvalue weighted by Gasteiger charge is -2.01. The maximum Gasteiger partial charge on any atom is 0.193 e. The molecule has 0 aromatic rings. The van der Waals surface area contributed by atoms with Crippen molar-refractivity contribution >= 4 is 7.28 Å². The van der Waals surface area contributed by atoms with Crippen molar-refractivity contribution in [2.45, 2.75) is 13.3 Å². The quantitative estimate of drug-likeness (QED) is 0.534. The van der Waals surface area contributed by atoms with Gasteiger partial charge in [0.1, 0.15) is 0 Å². The molecule has 78 valence electrons. The number of hydrogen-bond acceptors (Lipinski definition) is 0. The lowest BCUT2D eigenvalue weighted by Crippen LogP contribution is -1.92. The van der Waals surface area contributed by atoms with Crippen LogP contribution in [0.2, 0.25) is 0 Å². The first-order chi connectivity index (χ1) is 7.84. The highest BCUT2D eigenvalue weighted by atomic mass is 14.2. The molecule has 3 rings (SSSR count). The van der Waals surface area contributed by atoms with Gasteiger partial charge in [0.2, 0.25) is 0 Å². The Bertz CT molecular complexity index is 496. The molecular formula is C15H15B. The van der Waals surface area contributed by atoms with Gasteiger partial charge in [-0.05, 0) is 23.5 Å². The van der Waals surface area contributed by atoms with Crippen molar-refractivity contribution in [2.24, 2.45) is 5.92 Å². The van der Waals surface area contributed by atoms with E-state index in [0.717, 1.165) is 13.7 Å². The lowest BCUT2D eigenvalue weighted by molar-refractivity contribution is 0.942. The van der Waals surface area contributed by atoms with Crippen molar-refractivity contribution in [2.75, 3.05) is 0 Å². The van der Waals surface area contributed by atoms with Gasteiger partial charge in [0.25, 0.3) is 0 Å². The van der Waals surface area contributed by atoms with Crippen LogP contribution in [-0.2, 0) is 0 Å². The summed E-state index contributed by atoms with van der Waals surface area (Å²) in [6, 6.07) is 0. The van der Waals surface area contributed by atoms with Crippen LogP contribution in [0, 0.1) is 5.92 Å². The Labute approximate surface area is 97.7 Å². The Morgan fingerprint density at radius 2 is 1.62 bits per heavy atom. The van der Waals surface area contributed by atoms with Gasteiger partial charge >= 0.3 is 0 Å². The molecule has 0 radical (unpaired) electrons. The van der Waals surface area contributed by atoms with E-state index in [9.17, 15) is 0 Å². The molecule has 1 heteroatoms. The van der Waals surface area contributed by atoms with Gasteiger partial charge < -0.3 is 0 Å². The Kier molecular flexibility index (Phi) is 2.32. The van der Waals surface area contributed by atoms with E-state index in [4.69, 9.17) is 0 Å². The zero-order valence-corrected chi connectivity index (χ0v) is 9.61. The maximum absolute atomic E-state index is 2.30. The zero-order chi connectivity index (χ0) is 11.0. The van der Waals surface area contributed by atoms with E-state index in [2.05, 4.69) is 55.5 Å². The molecule has 0 aromatic carbocycles. The van der Waals surface area contributed by atoms with Crippen LogP contribution in [0.4, 0.5) is 0 Å². The summed E-state index contributed by atoms with van der Waals surface area (Å²) in [5.74, 6) is 0.556. The highest BCUT2D eigenvalue weighted by Crippen LogP contribution is 2.33. The minimum absolute atomic E-state index is 0.556. The Morgan fingerprint density at radius 1 is 0.938 bits per heavy atom. The third-order valence-electron chi connectivity index (χ3n) is 3.41. The molecule has 3 aliphatic rings. The third kappa shape index (κ3) is 1.57. The van der Waals surface area contributed by atoms with E-state index in [1.165, 1.54) is 22.1 Å². The molecule has 0 nitrogen and oxygen atoms in total. The van der Waals surface area contributed by atoms with Gasteiger partial charge in [-0.2, -0.15) is 0 Å². The standard InChI is InChI=1S/C15H15B/c1-11-7-9-13-12-5-3-2-4-6-14(12)16-15(13)10-8-11/h3-11,16H,2H2,1H3/t11-/m1/s1. The molecule has 0 aromatic heterocycles. The van der Waals surface area contributed by atoms with Gasteiger partial charge in [0.05, 0.1) is 0 Å². The molecule has 0 saturated carbocycles. The first-order valence-electron chi connectivity index (χ1n) is 6.01. The van der Waals surface area contributed by atoms with Crippen molar-refractivity contribution in [1.82, 2.24) is 0 Å². The first-order valence-corrected chi connectivity index (χ1v) is 6.01. The SMILES string of the molecule is C[C@H]1C=CC2=C(C=C1)C1=C(B2)C=CCC=C1. The van der Waals surface area contributed by atoms with Crippen molar-refractivity contribution in [3.05, 3.63) is 70.7 Å². The molecule has 1 heterocycles. The Morgan fingerprint density at radius 3 is 2.56 bits per heavy atom. The minimum Gasteiger partial charge on any atom is -0.0812 e. The number of rotatable bonds is 0. The van der Waals surface area contributed by atoms with E-state index >= 15 is 0 Å². The molecule has 0 fully saturated rings. The summed E-state index contributed by atoms with van der Waals surface area (Å²) in [6.07, 6.45) is 19.3. The van der Waals surface area contributed by atoms with Crippen LogP contribution in [0.1, 0.15) is 13.3 Å². The molecule has 1 atom stereocenters. The monoisotopic (exact) mass is 206 g/mol. The molecule has 0 spiro atoms. The maximum atomic E-state index is 2.30. The van der Waals surface area contributed by atoms with Crippen molar-refractivity contribution in [3.8, 4) is 0 Å².